The van der Waals surface area contributed by atoms with Crippen LogP contribution in [0.15, 0.2) is 24.3 Å². The Balaban J connectivity index is 1.62. The molecular formula is C20H26F3NO6S. The third-order valence-electron chi connectivity index (χ3n) is 5.35. The van der Waals surface area contributed by atoms with E-state index in [9.17, 15) is 26.4 Å². The number of piperidine rings is 1. The number of nitrogens with zero attached hydrogens (tertiary/aromatic N) is 1. The van der Waals surface area contributed by atoms with E-state index in [1.165, 1.54) is 12.1 Å². The molecule has 174 valence electrons. The summed E-state index contributed by atoms with van der Waals surface area (Å²) < 4.78 is 75.9. The molecule has 3 rings (SSSR count). The van der Waals surface area contributed by atoms with Crippen LogP contribution in [0.1, 0.15) is 51.5 Å². The molecule has 2 saturated heterocycles. The number of alkyl halides is 3. The molecule has 0 aromatic heterocycles. The average molecular weight is 465 g/mol. The Morgan fingerprint density at radius 1 is 1.19 bits per heavy atom. The highest BCUT2D eigenvalue weighted by molar-refractivity contribution is 7.88. The lowest BCUT2D eigenvalue weighted by molar-refractivity contribution is -0.0502. The topological polar surface area (TPSA) is 82.1 Å². The van der Waals surface area contributed by atoms with E-state index in [2.05, 4.69) is 4.18 Å². The van der Waals surface area contributed by atoms with Gasteiger partial charge in [-0.25, -0.2) is 4.79 Å². The van der Waals surface area contributed by atoms with E-state index in [0.29, 0.717) is 44.5 Å². The maximum absolute atomic E-state index is 12.6. The predicted octanol–water partition coefficient (Wildman–Crippen LogP) is 4.19. The van der Waals surface area contributed by atoms with Gasteiger partial charge in [0.15, 0.2) is 0 Å². The Kier molecular flexibility index (Phi) is 6.22. The molecule has 31 heavy (non-hydrogen) atoms. The fourth-order valence-electron chi connectivity index (χ4n) is 3.82. The Morgan fingerprint density at radius 2 is 1.84 bits per heavy atom. The lowest BCUT2D eigenvalue weighted by Gasteiger charge is -2.39. The molecule has 0 N–H and O–H groups in total. The van der Waals surface area contributed by atoms with E-state index in [0.717, 1.165) is 6.07 Å². The first-order valence-electron chi connectivity index (χ1n) is 9.92. The Morgan fingerprint density at radius 3 is 2.42 bits per heavy atom. The molecule has 7 nitrogen and oxygen atoms in total. The van der Waals surface area contributed by atoms with E-state index < -0.39 is 32.6 Å². The minimum Gasteiger partial charge on any atom is -0.444 e. The van der Waals surface area contributed by atoms with Crippen molar-refractivity contribution in [3.05, 3.63) is 29.8 Å². The maximum atomic E-state index is 12.6. The van der Waals surface area contributed by atoms with Crippen molar-refractivity contribution in [3.8, 4) is 5.75 Å². The minimum absolute atomic E-state index is 0.120. The molecule has 0 saturated carbocycles. The fraction of sp³-hybridized carbons (Fsp3) is 0.650. The molecule has 1 unspecified atom stereocenters. The molecule has 11 heteroatoms. The van der Waals surface area contributed by atoms with Crippen LogP contribution in [0, 0.1) is 0 Å². The molecule has 1 amide bonds. The smallest absolute Gasteiger partial charge is 0.444 e. The van der Waals surface area contributed by atoms with Crippen molar-refractivity contribution < 1.29 is 40.0 Å². The highest BCUT2D eigenvalue weighted by Crippen LogP contribution is 2.43. The first-order chi connectivity index (χ1) is 14.2. The summed E-state index contributed by atoms with van der Waals surface area (Å²) in [6.07, 6.45) is 1.47. The highest BCUT2D eigenvalue weighted by atomic mass is 32.2. The zero-order chi connectivity index (χ0) is 23.1. The number of hydrogen-bond acceptors (Lipinski definition) is 6. The Labute approximate surface area is 179 Å². The molecule has 0 bridgehead atoms. The number of carbonyl (C=O) groups excluding carboxylic acids is 1. The minimum atomic E-state index is -5.73. The number of likely N-dealkylation sites (tertiary alicyclic amines) is 1. The van der Waals surface area contributed by atoms with E-state index in [1.807, 2.05) is 0 Å². The van der Waals surface area contributed by atoms with Crippen LogP contribution >= 0.6 is 0 Å². The summed E-state index contributed by atoms with van der Waals surface area (Å²) in [4.78, 5) is 13.9. The van der Waals surface area contributed by atoms with Gasteiger partial charge in [0, 0.05) is 19.0 Å². The van der Waals surface area contributed by atoms with E-state index >= 15 is 0 Å². The summed E-state index contributed by atoms with van der Waals surface area (Å²) in [7, 11) is -5.73. The molecule has 2 aliphatic heterocycles. The molecule has 1 aromatic rings. The second-order valence-electron chi connectivity index (χ2n) is 8.92. The fourth-order valence-corrected chi connectivity index (χ4v) is 4.28. The second kappa shape index (κ2) is 8.16. The largest absolute Gasteiger partial charge is 0.534 e. The summed E-state index contributed by atoms with van der Waals surface area (Å²) in [6.45, 7) is 6.72. The van der Waals surface area contributed by atoms with Crippen molar-refractivity contribution in [2.45, 2.75) is 62.7 Å². The van der Waals surface area contributed by atoms with Crippen molar-refractivity contribution in [2.24, 2.45) is 0 Å². The quantitative estimate of drug-likeness (QED) is 0.492. The number of hydrogen-bond donors (Lipinski definition) is 0. The Hall–Kier alpha value is -2.01. The molecule has 1 aromatic carbocycles. The van der Waals surface area contributed by atoms with E-state index in [-0.39, 0.29) is 12.0 Å². The van der Waals surface area contributed by atoms with Crippen LogP contribution in [0.5, 0.6) is 5.75 Å². The zero-order valence-corrected chi connectivity index (χ0v) is 18.4. The average Bonchev–Trinajstić information content (AvgIpc) is 3.03. The first-order valence-corrected chi connectivity index (χ1v) is 11.3. The zero-order valence-electron chi connectivity index (χ0n) is 17.6. The van der Waals surface area contributed by atoms with Crippen LogP contribution in [0.4, 0.5) is 18.0 Å². The van der Waals surface area contributed by atoms with Crippen molar-refractivity contribution in [1.29, 1.82) is 0 Å². The summed E-state index contributed by atoms with van der Waals surface area (Å²) >= 11 is 0. The molecule has 2 heterocycles. The van der Waals surface area contributed by atoms with Gasteiger partial charge in [-0.15, -0.1) is 0 Å². The van der Waals surface area contributed by atoms with Crippen LogP contribution in [0.3, 0.4) is 0 Å². The summed E-state index contributed by atoms with van der Waals surface area (Å²) in [5.41, 5.74) is -5.86. The van der Waals surface area contributed by atoms with Crippen LogP contribution < -0.4 is 4.18 Å². The maximum Gasteiger partial charge on any atom is 0.534 e. The van der Waals surface area contributed by atoms with Crippen LogP contribution in [-0.4, -0.2) is 55.8 Å². The van der Waals surface area contributed by atoms with Gasteiger partial charge in [0.2, 0.25) is 0 Å². The lowest BCUT2D eigenvalue weighted by atomic mass is 9.83. The van der Waals surface area contributed by atoms with Gasteiger partial charge in [0.1, 0.15) is 11.4 Å². The molecule has 1 atom stereocenters. The van der Waals surface area contributed by atoms with E-state index in [1.54, 1.807) is 31.7 Å². The van der Waals surface area contributed by atoms with Gasteiger partial charge in [0.05, 0.1) is 12.2 Å². The normalized spacial score (nSPS) is 21.9. The second-order valence-corrected chi connectivity index (χ2v) is 10.5. The molecule has 0 radical (unpaired) electrons. The number of carbonyl (C=O) groups is 1. The van der Waals surface area contributed by atoms with E-state index in [4.69, 9.17) is 9.47 Å². The van der Waals surface area contributed by atoms with Crippen LogP contribution in [0.25, 0.3) is 0 Å². The molecular weight excluding hydrogens is 439 g/mol. The standard InChI is InChI=1S/C20H26F3NO6S/c1-18(2,3)29-17(25)24-9-7-19(8-10-24)12-15(13-28-19)14-5-4-6-16(11-14)30-31(26,27)20(21,22)23/h4-6,11,15H,7-10,12-13H2,1-3H3. The van der Waals surface area contributed by atoms with Gasteiger partial charge in [0.25, 0.3) is 0 Å². The highest BCUT2D eigenvalue weighted by Gasteiger charge is 2.49. The summed E-state index contributed by atoms with van der Waals surface area (Å²) in [6, 6.07) is 5.62. The number of halogens is 3. The predicted molar refractivity (Wildman–Crippen MR) is 105 cm³/mol. The van der Waals surface area contributed by atoms with Crippen LogP contribution in [0.2, 0.25) is 0 Å². The SMILES string of the molecule is CC(C)(C)OC(=O)N1CCC2(CC1)CC(c1cccc(OS(=O)(=O)C(F)(F)F)c1)CO2. The van der Waals surface area contributed by atoms with Crippen molar-refractivity contribution in [1.82, 2.24) is 4.90 Å². The third-order valence-corrected chi connectivity index (χ3v) is 6.33. The number of ether oxygens (including phenoxy) is 2. The summed E-state index contributed by atoms with van der Waals surface area (Å²) in [5, 5.41) is 0. The third kappa shape index (κ3) is 5.62. The first kappa shape index (κ1) is 23.6. The van der Waals surface area contributed by atoms with Gasteiger partial charge in [-0.1, -0.05) is 12.1 Å². The monoisotopic (exact) mass is 465 g/mol. The lowest BCUT2D eigenvalue weighted by Crippen LogP contribution is -2.47. The number of amides is 1. The van der Waals surface area contributed by atoms with Crippen molar-refractivity contribution >= 4 is 16.2 Å². The van der Waals surface area contributed by atoms with Crippen molar-refractivity contribution in [3.63, 3.8) is 0 Å². The molecule has 2 fully saturated rings. The molecule has 1 spiro atoms. The molecule has 0 aliphatic carbocycles. The van der Waals surface area contributed by atoms with Gasteiger partial charge in [-0.3, -0.25) is 0 Å². The van der Waals surface area contributed by atoms with Crippen LogP contribution in [-0.2, 0) is 19.6 Å². The van der Waals surface area contributed by atoms with Gasteiger partial charge in [-0.05, 0) is 57.7 Å². The Bertz CT molecular complexity index is 918. The van der Waals surface area contributed by atoms with Crippen molar-refractivity contribution in [2.75, 3.05) is 19.7 Å². The summed E-state index contributed by atoms with van der Waals surface area (Å²) in [5.74, 6) is -0.513. The number of rotatable bonds is 3. The van der Waals surface area contributed by atoms with Gasteiger partial charge < -0.3 is 18.6 Å². The van der Waals surface area contributed by atoms with Gasteiger partial charge >= 0.3 is 21.7 Å². The van der Waals surface area contributed by atoms with Gasteiger partial charge in [-0.2, -0.15) is 21.6 Å². The molecule has 2 aliphatic rings. The number of benzene rings is 1.